The monoisotopic (exact) mass is 831 g/mol. The van der Waals surface area contributed by atoms with Gasteiger partial charge in [-0.2, -0.15) is 136 Å². The van der Waals surface area contributed by atoms with Crippen LogP contribution in [0.5, 0.6) is 0 Å². The van der Waals surface area contributed by atoms with Crippen LogP contribution in [0.3, 0.4) is 0 Å². The molecule has 0 aromatic carbocycles. The van der Waals surface area contributed by atoms with Crippen molar-refractivity contribution in [3.05, 3.63) is 0 Å². The maximum absolute atomic E-state index is 13.7. The maximum Gasteiger partial charge on any atom is 0.460 e. The highest BCUT2D eigenvalue weighted by atomic mass is 19.4. The van der Waals surface area contributed by atoms with Crippen LogP contribution < -0.4 is 11.3 Å². The molecule has 0 rings (SSSR count). The Hall–Kier alpha value is -2.74. The van der Waals surface area contributed by atoms with E-state index >= 15 is 0 Å². The molecule has 3 nitrogen and oxygen atoms in total. The van der Waals surface area contributed by atoms with Crippen LogP contribution in [-0.2, 0) is 4.79 Å². The van der Waals surface area contributed by atoms with Gasteiger partial charge in [0.25, 0.3) is 0 Å². The van der Waals surface area contributed by atoms with Crippen molar-refractivity contribution in [2.45, 2.75) is 89.1 Å². The lowest BCUT2D eigenvalue weighted by Gasteiger charge is -2.46. The average Bonchev–Trinajstić information content (AvgIpc) is 2.86. The molecule has 0 aliphatic rings. The number of alkyl halides is 31. The van der Waals surface area contributed by atoms with Crippen LogP contribution in [0, 0.1) is 0 Å². The summed E-state index contributed by atoms with van der Waals surface area (Å²) in [5, 5.41) is 9.81. The first-order valence-corrected chi connectivity index (χ1v) is 10.0. The lowest BCUT2D eigenvalue weighted by atomic mass is 9.83. The van der Waals surface area contributed by atoms with Gasteiger partial charge >= 0.3 is 89.1 Å². The van der Waals surface area contributed by atoms with E-state index in [1.807, 2.05) is 0 Å². The number of carboxylic acids is 1. The molecule has 50 heavy (non-hydrogen) atoms. The Kier molecular flexibility index (Phi) is 11.5. The van der Waals surface area contributed by atoms with Crippen molar-refractivity contribution in [2.24, 2.45) is 0 Å². The van der Waals surface area contributed by atoms with Crippen LogP contribution in [0.15, 0.2) is 0 Å². The van der Waals surface area contributed by atoms with E-state index in [0.717, 1.165) is 0 Å². The molecule has 0 radical (unpaired) electrons. The standard InChI is InChI=1S/C16HF31O2.H3N/c17-2(18,1(48)49)3(19,20)4(21,22)5(23,24)6(25,26)7(27,28)8(29,30)9(31,32)10(33,34)11(35,36)12(37,38)13(39,40)14(41,42)15(43,44)16(45,46)47;/h(H,48,49);1H3. The van der Waals surface area contributed by atoms with Crippen molar-refractivity contribution < 1.29 is 146 Å². The lowest BCUT2D eigenvalue weighted by molar-refractivity contribution is -0.489. The Bertz CT molecular complexity index is 1260. The zero-order valence-corrected chi connectivity index (χ0v) is 21.5. The maximum atomic E-state index is 13.7. The Morgan fingerprint density at radius 2 is 0.380 bits per heavy atom. The number of aliphatic carboxylic acids is 1. The number of carbonyl (C=O) groups excluding carboxylic acids is 1. The van der Waals surface area contributed by atoms with Gasteiger partial charge in [-0.25, -0.2) is 0 Å². The predicted octanol–water partition coefficient (Wildman–Crippen LogP) is 8.57. The number of rotatable bonds is 14. The minimum absolute atomic E-state index is 0. The van der Waals surface area contributed by atoms with Crippen molar-refractivity contribution in [2.75, 3.05) is 0 Å². The number of hydrogen-bond acceptors (Lipinski definition) is 2. The van der Waals surface area contributed by atoms with E-state index in [2.05, 4.69) is 0 Å². The summed E-state index contributed by atoms with van der Waals surface area (Å²) in [6.07, 6.45) is -8.37. The minimum Gasteiger partial charge on any atom is -0.544 e. The summed E-state index contributed by atoms with van der Waals surface area (Å²) >= 11 is 0. The fourth-order valence-corrected chi connectivity index (χ4v) is 2.67. The van der Waals surface area contributed by atoms with Gasteiger partial charge in [0, 0.05) is 0 Å². The quantitative estimate of drug-likeness (QED) is 0.178. The minimum atomic E-state index is -10.2. The fourth-order valence-electron chi connectivity index (χ4n) is 2.67. The summed E-state index contributed by atoms with van der Waals surface area (Å²) in [5.41, 5.74) is 0. The van der Waals surface area contributed by atoms with Gasteiger partial charge in [0.1, 0.15) is 5.97 Å². The van der Waals surface area contributed by atoms with Crippen molar-refractivity contribution in [1.29, 1.82) is 0 Å². The zero-order chi connectivity index (χ0) is 41.1. The smallest absolute Gasteiger partial charge is 0.460 e. The van der Waals surface area contributed by atoms with Crippen molar-refractivity contribution in [3.8, 4) is 0 Å². The third-order valence-corrected chi connectivity index (χ3v) is 5.74. The Balaban J connectivity index is 0. The molecule has 0 aliphatic heterocycles. The third kappa shape index (κ3) is 5.31. The number of carboxylic acid groups (broad SMARTS) is 1. The fraction of sp³-hybridized carbons (Fsp3) is 0.938. The van der Waals surface area contributed by atoms with Gasteiger partial charge in [-0.15, -0.1) is 0 Å². The van der Waals surface area contributed by atoms with Crippen LogP contribution in [0.2, 0.25) is 0 Å². The second kappa shape index (κ2) is 11.6. The third-order valence-electron chi connectivity index (χ3n) is 5.74. The Morgan fingerprint density at radius 1 is 0.260 bits per heavy atom. The Morgan fingerprint density at radius 3 is 0.500 bits per heavy atom. The summed E-state index contributed by atoms with van der Waals surface area (Å²) < 4.78 is 410. The van der Waals surface area contributed by atoms with Gasteiger partial charge in [-0.05, 0) is 0 Å². The molecule has 0 atom stereocenters. The van der Waals surface area contributed by atoms with Crippen molar-refractivity contribution in [1.82, 2.24) is 6.15 Å². The summed E-state index contributed by atoms with van der Waals surface area (Å²) in [6, 6.07) is 0. The molecule has 0 unspecified atom stereocenters. The molecule has 0 aromatic heterocycles. The van der Waals surface area contributed by atoms with Gasteiger partial charge in [0.05, 0.1) is 0 Å². The first-order chi connectivity index (χ1) is 20.4. The summed E-state index contributed by atoms with van der Waals surface area (Å²) in [4.78, 5) is 9.81. The normalized spacial score (nSPS) is 16.7. The van der Waals surface area contributed by atoms with Crippen LogP contribution in [0.25, 0.3) is 0 Å². The molecular weight excluding hydrogens is 827 g/mol. The summed E-state index contributed by atoms with van der Waals surface area (Å²) in [7, 11) is 0. The summed E-state index contributed by atoms with van der Waals surface area (Å²) in [6.45, 7) is 0. The molecule has 34 heteroatoms. The first-order valence-electron chi connectivity index (χ1n) is 10.0. The highest BCUT2D eigenvalue weighted by Gasteiger charge is 3.01. The van der Waals surface area contributed by atoms with Crippen molar-refractivity contribution in [3.63, 3.8) is 0 Å². The molecule has 0 saturated carbocycles. The van der Waals surface area contributed by atoms with Crippen LogP contribution in [-0.4, -0.2) is 95.1 Å². The van der Waals surface area contributed by atoms with E-state index in [4.69, 9.17) is 0 Å². The zero-order valence-electron chi connectivity index (χ0n) is 21.5. The highest BCUT2D eigenvalue weighted by Crippen LogP contribution is 2.69. The molecule has 0 heterocycles. The Labute approximate surface area is 248 Å². The molecule has 0 bridgehead atoms. The van der Waals surface area contributed by atoms with E-state index < -0.39 is 95.1 Å². The number of carbonyl (C=O) groups is 1. The van der Waals surface area contributed by atoms with Gasteiger partial charge in [-0.3, -0.25) is 0 Å². The van der Waals surface area contributed by atoms with E-state index in [-0.39, 0.29) is 6.15 Å². The molecule has 4 N–H and O–H groups in total. The second-order valence-corrected chi connectivity index (χ2v) is 8.83. The molecule has 302 valence electrons. The van der Waals surface area contributed by atoms with Gasteiger partial charge in [0.2, 0.25) is 0 Å². The number of quaternary nitrogens is 1. The van der Waals surface area contributed by atoms with E-state index in [0.29, 0.717) is 0 Å². The van der Waals surface area contributed by atoms with Crippen molar-refractivity contribution >= 4 is 5.97 Å². The molecule has 0 aliphatic carbocycles. The van der Waals surface area contributed by atoms with E-state index in [1.54, 1.807) is 0 Å². The first kappa shape index (κ1) is 49.4. The largest absolute Gasteiger partial charge is 0.544 e. The van der Waals surface area contributed by atoms with Gasteiger partial charge < -0.3 is 16.1 Å². The van der Waals surface area contributed by atoms with Crippen LogP contribution in [0.1, 0.15) is 0 Å². The second-order valence-electron chi connectivity index (χ2n) is 8.83. The molecule has 0 amide bonds. The highest BCUT2D eigenvalue weighted by molar-refractivity contribution is 5.75. The number of hydrogen-bond donors (Lipinski definition) is 1. The molecular formula is C16H4F31NO2. The molecule has 0 fully saturated rings. The SMILES string of the molecule is O=C([O-])C(F)(F)C(F)(F)C(F)(F)C(F)(F)C(F)(F)C(F)(F)C(F)(F)C(F)(F)C(F)(F)C(F)(F)C(F)(F)C(F)(F)C(F)(F)C(F)(F)C(F)(F)F.[NH4+]. The molecule has 0 aromatic rings. The van der Waals surface area contributed by atoms with Crippen LogP contribution in [0.4, 0.5) is 136 Å². The predicted molar refractivity (Wildman–Crippen MR) is 86.3 cm³/mol. The number of halogens is 31. The van der Waals surface area contributed by atoms with Gasteiger partial charge in [0.15, 0.2) is 0 Å². The van der Waals surface area contributed by atoms with E-state index in [9.17, 15) is 146 Å². The summed E-state index contributed by atoms with van der Waals surface area (Å²) in [5.74, 6) is -139. The average molecular weight is 831 g/mol. The topological polar surface area (TPSA) is 76.6 Å². The van der Waals surface area contributed by atoms with Gasteiger partial charge in [-0.1, -0.05) is 0 Å². The lowest BCUT2D eigenvalue weighted by Crippen LogP contribution is -2.79. The van der Waals surface area contributed by atoms with Crippen LogP contribution >= 0.6 is 0 Å². The van der Waals surface area contributed by atoms with E-state index in [1.165, 1.54) is 0 Å². The molecule has 0 spiro atoms. The molecule has 0 saturated heterocycles.